The maximum atomic E-state index is 13.0. The summed E-state index contributed by atoms with van der Waals surface area (Å²) in [4.78, 5) is 25.6. The van der Waals surface area contributed by atoms with Crippen molar-refractivity contribution in [3.8, 4) is 17.2 Å². The quantitative estimate of drug-likeness (QED) is 0.756. The van der Waals surface area contributed by atoms with Gasteiger partial charge in [0.25, 0.3) is 0 Å². The van der Waals surface area contributed by atoms with Gasteiger partial charge in [0.15, 0.2) is 0 Å². The predicted octanol–water partition coefficient (Wildman–Crippen LogP) is 4.37. The summed E-state index contributed by atoms with van der Waals surface area (Å²) in [5.74, 6) is -2.66. The Bertz CT molecular complexity index is 1030. The number of benzene rings is 1. The number of rotatable bonds is 4. The number of nitrogens with one attached hydrogen (secondary N) is 1. The number of hydrogen-bond donors (Lipinski definition) is 2. The van der Waals surface area contributed by atoms with Crippen molar-refractivity contribution >= 4 is 28.2 Å². The van der Waals surface area contributed by atoms with Crippen LogP contribution in [0.15, 0.2) is 36.4 Å². The molecular weight excluding hydrogens is 372 g/mol. The molecular formula is C22H20N2O3S. The summed E-state index contributed by atoms with van der Waals surface area (Å²) in [5, 5.41) is 22.7. The molecule has 2 bridgehead atoms. The van der Waals surface area contributed by atoms with E-state index >= 15 is 0 Å². The molecule has 6 heteroatoms. The van der Waals surface area contributed by atoms with E-state index in [1.807, 2.05) is 50.3 Å². The fourth-order valence-corrected chi connectivity index (χ4v) is 5.55. The Balaban J connectivity index is 1.66. The molecule has 1 heterocycles. The Hall–Kier alpha value is -2.91. The third-order valence-electron chi connectivity index (χ3n) is 5.82. The zero-order valence-electron chi connectivity index (χ0n) is 15.6. The number of amides is 1. The summed E-state index contributed by atoms with van der Waals surface area (Å²) < 4.78 is 0. The van der Waals surface area contributed by atoms with Crippen molar-refractivity contribution in [3.63, 3.8) is 0 Å². The van der Waals surface area contributed by atoms with Crippen LogP contribution < -0.4 is 5.32 Å². The van der Waals surface area contributed by atoms with E-state index in [0.29, 0.717) is 17.0 Å². The Morgan fingerprint density at radius 1 is 1.14 bits per heavy atom. The molecule has 0 saturated heterocycles. The Labute approximate surface area is 167 Å². The number of carbonyl (C=O) groups excluding carboxylic acids is 1. The monoisotopic (exact) mass is 392 g/mol. The molecule has 0 spiro atoms. The van der Waals surface area contributed by atoms with Crippen LogP contribution in [-0.2, 0) is 9.59 Å². The second-order valence-electron chi connectivity index (χ2n) is 7.54. The van der Waals surface area contributed by atoms with E-state index in [1.165, 1.54) is 11.3 Å². The normalized spacial score (nSPS) is 24.9. The van der Waals surface area contributed by atoms with Gasteiger partial charge >= 0.3 is 5.97 Å². The smallest absolute Gasteiger partial charge is 0.307 e. The van der Waals surface area contributed by atoms with Crippen molar-refractivity contribution in [2.24, 2.45) is 23.7 Å². The van der Waals surface area contributed by atoms with Gasteiger partial charge in [-0.05, 0) is 37.7 Å². The van der Waals surface area contributed by atoms with Gasteiger partial charge in [-0.25, -0.2) is 0 Å². The summed E-state index contributed by atoms with van der Waals surface area (Å²) in [6.07, 6.45) is 4.58. The van der Waals surface area contributed by atoms with Gasteiger partial charge < -0.3 is 10.4 Å². The Morgan fingerprint density at radius 2 is 1.79 bits per heavy atom. The Kier molecular flexibility index (Phi) is 4.56. The highest BCUT2D eigenvalue weighted by Gasteiger charge is 2.51. The minimum absolute atomic E-state index is 0.0470. The number of carboxylic acid groups (broad SMARTS) is 1. The molecule has 1 amide bonds. The topological polar surface area (TPSA) is 90.2 Å². The summed E-state index contributed by atoms with van der Waals surface area (Å²) in [5.41, 5.74) is 3.33. The SMILES string of the molecule is Cc1ccc(-c2c(C)sc(NC(=O)[C@@H]3[C@H](C(=O)O)[C@H]4C=C[C@H]3C4)c2C#N)cc1. The molecule has 2 aliphatic carbocycles. The van der Waals surface area contributed by atoms with Crippen LogP contribution in [0.25, 0.3) is 11.1 Å². The lowest BCUT2D eigenvalue weighted by Gasteiger charge is -2.23. The number of nitriles is 1. The molecule has 2 aromatic rings. The third kappa shape index (κ3) is 2.92. The van der Waals surface area contributed by atoms with Crippen molar-refractivity contribution in [2.75, 3.05) is 5.32 Å². The largest absolute Gasteiger partial charge is 0.481 e. The second-order valence-corrected chi connectivity index (χ2v) is 8.77. The van der Waals surface area contributed by atoms with Gasteiger partial charge in [0, 0.05) is 10.4 Å². The lowest BCUT2D eigenvalue weighted by molar-refractivity contribution is -0.146. The summed E-state index contributed by atoms with van der Waals surface area (Å²) >= 11 is 1.36. The number of allylic oxidation sites excluding steroid dienone is 2. The summed E-state index contributed by atoms with van der Waals surface area (Å²) in [6, 6.07) is 10.1. The molecule has 1 aromatic carbocycles. The average molecular weight is 392 g/mol. The number of hydrogen-bond acceptors (Lipinski definition) is 4. The standard InChI is InChI=1S/C22H20N2O3S/c1-11-3-5-13(6-4-11)17-12(2)28-21(16(17)10-23)24-20(25)18-14-7-8-15(9-14)19(18)22(26)27/h3-8,14-15,18-19H,9H2,1-2H3,(H,24,25)(H,26,27)/t14-,15-,18-,19+/m0/s1. The van der Waals surface area contributed by atoms with Gasteiger partial charge in [-0.15, -0.1) is 11.3 Å². The van der Waals surface area contributed by atoms with Crippen molar-refractivity contribution < 1.29 is 14.7 Å². The van der Waals surface area contributed by atoms with Crippen LogP contribution in [0.3, 0.4) is 0 Å². The van der Waals surface area contributed by atoms with Crippen LogP contribution in [0, 0.1) is 48.9 Å². The molecule has 2 N–H and O–H groups in total. The molecule has 4 rings (SSSR count). The van der Waals surface area contributed by atoms with Gasteiger partial charge in [-0.1, -0.05) is 42.0 Å². The molecule has 0 aliphatic heterocycles. The molecule has 1 fully saturated rings. The Morgan fingerprint density at radius 3 is 2.39 bits per heavy atom. The van der Waals surface area contributed by atoms with E-state index in [0.717, 1.165) is 21.6 Å². The highest BCUT2D eigenvalue weighted by Crippen LogP contribution is 2.49. The number of aryl methyl sites for hydroxylation is 2. The van der Waals surface area contributed by atoms with Crippen LogP contribution in [0.4, 0.5) is 5.00 Å². The van der Waals surface area contributed by atoms with Crippen LogP contribution in [0.5, 0.6) is 0 Å². The van der Waals surface area contributed by atoms with Gasteiger partial charge in [0.1, 0.15) is 11.1 Å². The van der Waals surface area contributed by atoms with E-state index in [2.05, 4.69) is 11.4 Å². The number of anilines is 1. The number of fused-ring (bicyclic) bond motifs is 2. The molecule has 4 atom stereocenters. The first-order chi connectivity index (χ1) is 13.4. The predicted molar refractivity (Wildman–Crippen MR) is 108 cm³/mol. The van der Waals surface area contributed by atoms with Gasteiger partial charge in [-0.2, -0.15) is 5.26 Å². The number of aliphatic carboxylic acids is 1. The van der Waals surface area contributed by atoms with Gasteiger partial charge in [0.2, 0.25) is 5.91 Å². The molecule has 142 valence electrons. The maximum Gasteiger partial charge on any atom is 0.307 e. The maximum absolute atomic E-state index is 13.0. The number of thiophene rings is 1. The molecule has 0 radical (unpaired) electrons. The van der Waals surface area contributed by atoms with Crippen LogP contribution in [-0.4, -0.2) is 17.0 Å². The summed E-state index contributed by atoms with van der Waals surface area (Å²) in [6.45, 7) is 3.93. The molecule has 28 heavy (non-hydrogen) atoms. The van der Waals surface area contributed by atoms with E-state index in [9.17, 15) is 20.0 Å². The van der Waals surface area contributed by atoms with E-state index in [-0.39, 0.29) is 17.7 Å². The van der Waals surface area contributed by atoms with Gasteiger partial charge in [0.05, 0.1) is 17.4 Å². The fraction of sp³-hybridized carbons (Fsp3) is 0.318. The molecule has 2 aliphatic rings. The van der Waals surface area contributed by atoms with E-state index in [4.69, 9.17) is 0 Å². The summed E-state index contributed by atoms with van der Waals surface area (Å²) in [7, 11) is 0. The van der Waals surface area contributed by atoms with Crippen LogP contribution >= 0.6 is 11.3 Å². The first-order valence-corrected chi connectivity index (χ1v) is 10.0. The number of carbonyl (C=O) groups is 2. The molecule has 1 saturated carbocycles. The first kappa shape index (κ1) is 18.5. The van der Waals surface area contributed by atoms with Crippen LogP contribution in [0.2, 0.25) is 0 Å². The number of carboxylic acids is 1. The second kappa shape index (κ2) is 6.92. The zero-order chi connectivity index (χ0) is 20.0. The number of nitrogens with zero attached hydrogens (tertiary/aromatic N) is 1. The van der Waals surface area contributed by atoms with Crippen molar-refractivity contribution in [2.45, 2.75) is 20.3 Å². The third-order valence-corrected chi connectivity index (χ3v) is 6.84. The average Bonchev–Trinajstić information content (AvgIpc) is 3.35. The highest BCUT2D eigenvalue weighted by atomic mass is 32.1. The lowest BCUT2D eigenvalue weighted by atomic mass is 9.82. The minimum Gasteiger partial charge on any atom is -0.481 e. The van der Waals surface area contributed by atoms with Crippen molar-refractivity contribution in [3.05, 3.63) is 52.4 Å². The zero-order valence-corrected chi connectivity index (χ0v) is 16.4. The molecule has 5 nitrogen and oxygen atoms in total. The van der Waals surface area contributed by atoms with E-state index < -0.39 is 17.8 Å². The van der Waals surface area contributed by atoms with Crippen LogP contribution in [0.1, 0.15) is 22.4 Å². The first-order valence-electron chi connectivity index (χ1n) is 9.23. The van der Waals surface area contributed by atoms with Crippen molar-refractivity contribution in [1.82, 2.24) is 0 Å². The van der Waals surface area contributed by atoms with Crippen molar-refractivity contribution in [1.29, 1.82) is 5.26 Å². The molecule has 1 aromatic heterocycles. The van der Waals surface area contributed by atoms with E-state index in [1.54, 1.807) is 0 Å². The minimum atomic E-state index is -0.930. The fourth-order valence-electron chi connectivity index (χ4n) is 4.52. The lowest BCUT2D eigenvalue weighted by Crippen LogP contribution is -2.36. The van der Waals surface area contributed by atoms with Gasteiger partial charge in [-0.3, -0.25) is 9.59 Å². The molecule has 0 unspecified atom stereocenters. The highest BCUT2D eigenvalue weighted by molar-refractivity contribution is 7.17.